The fraction of sp³-hybridized carbons (Fsp3) is 0.478. The van der Waals surface area contributed by atoms with E-state index in [9.17, 15) is 9.59 Å². The molecule has 1 amide bonds. The second-order valence-electron chi connectivity index (χ2n) is 8.11. The molecule has 0 N–H and O–H groups in total. The van der Waals surface area contributed by atoms with E-state index in [-0.39, 0.29) is 11.5 Å². The monoisotopic (exact) mass is 396 g/mol. The summed E-state index contributed by atoms with van der Waals surface area (Å²) in [6.45, 7) is 1.20. The molecule has 2 heterocycles. The Hall–Kier alpha value is -2.76. The topological polar surface area (TPSA) is 60.8 Å². The summed E-state index contributed by atoms with van der Waals surface area (Å²) in [7, 11) is 4.99. The van der Waals surface area contributed by atoms with Gasteiger partial charge in [0.05, 0.1) is 19.6 Å². The van der Waals surface area contributed by atoms with Crippen LogP contribution in [0.5, 0.6) is 11.5 Å². The third-order valence-electron chi connectivity index (χ3n) is 6.51. The van der Waals surface area contributed by atoms with E-state index in [0.717, 1.165) is 48.8 Å². The number of aryl methyl sites for hydroxylation is 1. The van der Waals surface area contributed by atoms with E-state index in [4.69, 9.17) is 9.47 Å². The van der Waals surface area contributed by atoms with Gasteiger partial charge in [0, 0.05) is 32.4 Å². The number of carbonyl (C=O) groups is 1. The van der Waals surface area contributed by atoms with Gasteiger partial charge in [-0.3, -0.25) is 9.59 Å². The van der Waals surface area contributed by atoms with Crippen LogP contribution in [0, 0.1) is 0 Å². The maximum absolute atomic E-state index is 13.8. The van der Waals surface area contributed by atoms with Crippen LogP contribution in [-0.2, 0) is 30.2 Å². The summed E-state index contributed by atoms with van der Waals surface area (Å²) < 4.78 is 12.5. The molecule has 6 nitrogen and oxygen atoms in total. The van der Waals surface area contributed by atoms with Gasteiger partial charge in [-0.25, -0.2) is 0 Å². The van der Waals surface area contributed by atoms with Crippen molar-refractivity contribution < 1.29 is 14.3 Å². The summed E-state index contributed by atoms with van der Waals surface area (Å²) in [5.74, 6) is 1.51. The van der Waals surface area contributed by atoms with E-state index in [0.29, 0.717) is 24.6 Å². The first-order valence-corrected chi connectivity index (χ1v) is 10.2. The second kappa shape index (κ2) is 7.58. The molecule has 2 aromatic rings. The number of benzene rings is 1. The van der Waals surface area contributed by atoms with Crippen molar-refractivity contribution in [1.29, 1.82) is 0 Å². The van der Waals surface area contributed by atoms with E-state index in [2.05, 4.69) is 0 Å². The van der Waals surface area contributed by atoms with Gasteiger partial charge >= 0.3 is 0 Å². The molecule has 6 heteroatoms. The predicted octanol–water partition coefficient (Wildman–Crippen LogP) is 2.80. The van der Waals surface area contributed by atoms with Crippen molar-refractivity contribution >= 4 is 5.91 Å². The predicted molar refractivity (Wildman–Crippen MR) is 110 cm³/mol. The average Bonchev–Trinajstić information content (AvgIpc) is 3.24. The molecule has 0 atom stereocenters. The quantitative estimate of drug-likeness (QED) is 0.797. The van der Waals surface area contributed by atoms with E-state index in [1.165, 1.54) is 0 Å². The van der Waals surface area contributed by atoms with Crippen molar-refractivity contribution in [3.63, 3.8) is 0 Å². The van der Waals surface area contributed by atoms with Crippen LogP contribution in [0.2, 0.25) is 0 Å². The molecule has 1 saturated carbocycles. The smallest absolute Gasteiger partial charge is 0.250 e. The zero-order valence-electron chi connectivity index (χ0n) is 17.4. The lowest BCUT2D eigenvalue weighted by molar-refractivity contribution is -0.138. The van der Waals surface area contributed by atoms with Gasteiger partial charge in [-0.2, -0.15) is 0 Å². The molecule has 2 aliphatic rings. The maximum atomic E-state index is 13.8. The molecule has 154 valence electrons. The van der Waals surface area contributed by atoms with Gasteiger partial charge in [0.25, 0.3) is 5.56 Å². The molecule has 4 rings (SSSR count). The first-order valence-electron chi connectivity index (χ1n) is 10.2. The van der Waals surface area contributed by atoms with Crippen LogP contribution in [0.15, 0.2) is 35.3 Å². The Morgan fingerprint density at radius 3 is 2.45 bits per heavy atom. The standard InChI is InChI=1S/C23H28N2O4/c1-24-14-17-15-25(11-8-16(17)12-21(24)26)22(27)23(9-4-5-10-23)18-6-7-19(28-2)20(13-18)29-3/h6-7,12-14H,4-5,8-11,15H2,1-3H3. The van der Waals surface area contributed by atoms with Crippen molar-refractivity contribution in [2.24, 2.45) is 7.05 Å². The number of rotatable bonds is 4. The van der Waals surface area contributed by atoms with Crippen molar-refractivity contribution in [2.75, 3.05) is 20.8 Å². The number of methoxy groups -OCH3 is 2. The minimum atomic E-state index is -0.516. The molecule has 0 spiro atoms. The van der Waals surface area contributed by atoms with Crippen LogP contribution in [-0.4, -0.2) is 36.1 Å². The third-order valence-corrected chi connectivity index (χ3v) is 6.51. The number of fused-ring (bicyclic) bond motifs is 1. The largest absolute Gasteiger partial charge is 0.493 e. The highest BCUT2D eigenvalue weighted by Crippen LogP contribution is 2.45. The molecular weight excluding hydrogens is 368 g/mol. The lowest BCUT2D eigenvalue weighted by atomic mass is 9.77. The van der Waals surface area contributed by atoms with Gasteiger partial charge < -0.3 is 18.9 Å². The molecule has 1 aliphatic carbocycles. The van der Waals surface area contributed by atoms with Crippen LogP contribution in [0.3, 0.4) is 0 Å². The molecule has 1 aromatic heterocycles. The SMILES string of the molecule is COc1ccc(C2(C(=O)N3CCc4cc(=O)n(C)cc4C3)CCCC2)cc1OC. The van der Waals surface area contributed by atoms with Crippen LogP contribution in [0.1, 0.15) is 42.4 Å². The minimum absolute atomic E-state index is 0.00103. The Balaban J connectivity index is 1.68. The highest BCUT2D eigenvalue weighted by atomic mass is 16.5. The molecule has 29 heavy (non-hydrogen) atoms. The lowest BCUT2D eigenvalue weighted by Crippen LogP contribution is -2.47. The summed E-state index contributed by atoms with van der Waals surface area (Å²) >= 11 is 0. The summed E-state index contributed by atoms with van der Waals surface area (Å²) in [6.07, 6.45) is 6.36. The molecule has 1 aromatic carbocycles. The van der Waals surface area contributed by atoms with Gasteiger partial charge in [-0.1, -0.05) is 18.9 Å². The summed E-state index contributed by atoms with van der Waals surface area (Å²) in [5.41, 5.74) is 2.61. The fourth-order valence-corrected chi connectivity index (χ4v) is 4.85. The van der Waals surface area contributed by atoms with Crippen molar-refractivity contribution in [1.82, 2.24) is 9.47 Å². The first-order chi connectivity index (χ1) is 14.0. The molecule has 1 aliphatic heterocycles. The number of hydrogen-bond donors (Lipinski definition) is 0. The van der Waals surface area contributed by atoms with E-state index in [1.807, 2.05) is 29.3 Å². The van der Waals surface area contributed by atoms with E-state index < -0.39 is 5.41 Å². The maximum Gasteiger partial charge on any atom is 0.250 e. The summed E-state index contributed by atoms with van der Waals surface area (Å²) in [4.78, 5) is 27.7. The zero-order valence-corrected chi connectivity index (χ0v) is 17.4. The van der Waals surface area contributed by atoms with E-state index in [1.54, 1.807) is 31.9 Å². The van der Waals surface area contributed by atoms with Crippen molar-refractivity contribution in [2.45, 2.75) is 44.1 Å². The fourth-order valence-electron chi connectivity index (χ4n) is 4.85. The van der Waals surface area contributed by atoms with Crippen LogP contribution >= 0.6 is 0 Å². The number of nitrogens with zero attached hydrogens (tertiary/aromatic N) is 2. The lowest BCUT2D eigenvalue weighted by Gasteiger charge is -2.37. The van der Waals surface area contributed by atoms with Crippen LogP contribution in [0.25, 0.3) is 0 Å². The van der Waals surface area contributed by atoms with Gasteiger partial charge in [-0.05, 0) is 48.1 Å². The minimum Gasteiger partial charge on any atom is -0.493 e. The molecule has 0 saturated heterocycles. The van der Waals surface area contributed by atoms with Gasteiger partial charge in [-0.15, -0.1) is 0 Å². The van der Waals surface area contributed by atoms with Gasteiger partial charge in [0.1, 0.15) is 0 Å². The van der Waals surface area contributed by atoms with Crippen LogP contribution < -0.4 is 15.0 Å². The summed E-state index contributed by atoms with van der Waals surface area (Å²) in [6, 6.07) is 7.56. The van der Waals surface area contributed by atoms with Crippen LogP contribution in [0.4, 0.5) is 0 Å². The van der Waals surface area contributed by atoms with Gasteiger partial charge in [0.2, 0.25) is 5.91 Å². The number of ether oxygens (including phenoxy) is 2. The second-order valence-corrected chi connectivity index (χ2v) is 8.11. The highest BCUT2D eigenvalue weighted by molar-refractivity contribution is 5.89. The number of carbonyl (C=O) groups excluding carboxylic acids is 1. The molecule has 0 bridgehead atoms. The first kappa shape index (κ1) is 19.6. The number of hydrogen-bond acceptors (Lipinski definition) is 4. The highest BCUT2D eigenvalue weighted by Gasteiger charge is 2.45. The Morgan fingerprint density at radius 2 is 1.76 bits per heavy atom. The van der Waals surface area contributed by atoms with E-state index >= 15 is 0 Å². The Kier molecular flexibility index (Phi) is 5.11. The number of amides is 1. The molecular formula is C23H28N2O4. The zero-order chi connectivity index (χ0) is 20.6. The third kappa shape index (κ3) is 3.30. The Morgan fingerprint density at radius 1 is 1.03 bits per heavy atom. The summed E-state index contributed by atoms with van der Waals surface area (Å²) in [5, 5.41) is 0. The van der Waals surface area contributed by atoms with Crippen molar-refractivity contribution in [3.8, 4) is 11.5 Å². The molecule has 1 fully saturated rings. The molecule has 0 radical (unpaired) electrons. The number of aromatic nitrogens is 1. The Labute approximate surface area is 171 Å². The van der Waals surface area contributed by atoms with Crippen molar-refractivity contribution in [3.05, 3.63) is 57.5 Å². The average molecular weight is 396 g/mol. The Bertz CT molecular complexity index is 989. The number of pyridine rings is 1. The van der Waals surface area contributed by atoms with Gasteiger partial charge in [0.15, 0.2) is 11.5 Å². The normalized spacial score (nSPS) is 17.7. The molecule has 0 unspecified atom stereocenters.